The van der Waals surface area contributed by atoms with E-state index in [1.807, 2.05) is 103 Å². The predicted molar refractivity (Wildman–Crippen MR) is 519 cm³/mol. The van der Waals surface area contributed by atoms with Crippen LogP contribution in [0.5, 0.6) is 0 Å². The van der Waals surface area contributed by atoms with Crippen LogP contribution in [0.15, 0.2) is 0 Å². The first kappa shape index (κ1) is 111. The third-order valence-corrected chi connectivity index (χ3v) is 39.9. The lowest BCUT2D eigenvalue weighted by Gasteiger charge is -2.62. The van der Waals surface area contributed by atoms with Crippen LogP contribution in [0.3, 0.4) is 0 Å². The van der Waals surface area contributed by atoms with Crippen molar-refractivity contribution in [2.24, 2.45) is 132 Å². The standard InChI is InChI=1S/2C19H32O2.2C16H26O4.C15H21NO4.C15H22O7.C13H18O4/c2*1-6-17(2,3)16(20)21-18(4,5)19-10-13-7-14(11-19)9-15(8-13)12-19;2*1-4-13(2,3)12(17)20-16-7-11-5-14(18,9-16)8-15(19,6-11)10-16;1-4-14(2,3)13(19)20-12-9-5-10(11(12)18)15(6-9,7-16)8-17;1-6-14(2,3)13(17)20-9-7-8(18-11(9)16)10-12(19-7)22-15(4,5)21-10;1-3-6(2)12(14)16-10-7-4-8-9(5-7)13(15)17-11(8)10/h2*13-15H,6-12H2,1-5H3;2*11,18-19H,4-10H2,1-3H3;8-12,18H,4-6H2,1-3H3;7-10,12H,6H2,1-5H3;6-11H,3-5H2,1-2H3. The second-order valence-electron chi connectivity index (χ2n) is 54.5. The highest BCUT2D eigenvalue weighted by Gasteiger charge is 2.71. The molecule has 0 radical (unpaired) electrons. The number of carbonyl (C=O) groups is 10. The molecule has 0 amide bonds. The quantitative estimate of drug-likeness (QED) is 0.0340. The zero-order valence-electron chi connectivity index (χ0n) is 90.3. The van der Waals surface area contributed by atoms with E-state index in [0.717, 1.165) is 119 Å². The lowest BCUT2D eigenvalue weighted by atomic mass is 9.46. The molecule has 28 heteroatoms. The van der Waals surface area contributed by atoms with Crippen molar-refractivity contribution >= 4 is 60.0 Å². The number of hydrogen-bond donors (Lipinski definition) is 5. The minimum absolute atomic E-state index is 0.00857. The third kappa shape index (κ3) is 21.9. The number of hydrogen-bond acceptors (Lipinski definition) is 28. The Balaban J connectivity index is 0.000000131. The van der Waals surface area contributed by atoms with Crippen molar-refractivity contribution in [1.29, 1.82) is 5.26 Å². The molecule has 24 aliphatic rings. The van der Waals surface area contributed by atoms with Gasteiger partial charge in [-0.3, -0.25) is 38.4 Å². The molecule has 5 N–H and O–H groups in total. The van der Waals surface area contributed by atoms with Crippen LogP contribution >= 0.6 is 0 Å². The van der Waals surface area contributed by atoms with Gasteiger partial charge in [-0.25, -0.2) is 4.79 Å². The molecule has 4 saturated heterocycles. The Morgan fingerprint density at radius 1 is 0.426 bits per heavy atom. The number of fused-ring (bicyclic) bond motifs is 6. The van der Waals surface area contributed by atoms with E-state index in [4.69, 9.17) is 56.8 Å². The molecule has 4 heterocycles. The molecule has 0 aromatic rings. The van der Waals surface area contributed by atoms with Gasteiger partial charge in [-0.2, -0.15) is 5.26 Å². The van der Waals surface area contributed by atoms with Crippen LogP contribution in [0.4, 0.5) is 0 Å². The number of ether oxygens (including phenoxy) is 12. The van der Waals surface area contributed by atoms with Gasteiger partial charge in [0.1, 0.15) is 58.5 Å². The Kier molecular flexibility index (Phi) is 30.5. The summed E-state index contributed by atoms with van der Waals surface area (Å²) in [6.45, 7) is 50.7. The number of aliphatic hydroxyl groups excluding tert-OH is 1. The van der Waals surface area contributed by atoms with Crippen molar-refractivity contribution < 1.29 is 130 Å². The Labute approximate surface area is 839 Å². The summed E-state index contributed by atoms with van der Waals surface area (Å²) >= 11 is 0. The van der Waals surface area contributed by atoms with Crippen LogP contribution in [-0.4, -0.2) is 191 Å². The molecule has 0 aromatic heterocycles. The minimum atomic E-state index is -1.10. The number of carbonyl (C=O) groups excluding carboxylic acids is 10. The summed E-state index contributed by atoms with van der Waals surface area (Å²) < 4.78 is 68.1. The molecule has 20 saturated carbocycles. The van der Waals surface area contributed by atoms with Gasteiger partial charge in [-0.15, -0.1) is 0 Å². The fourth-order valence-corrected chi connectivity index (χ4v) is 30.2. The molecular formula is C113H177NO27. The molecule has 796 valence electrons. The number of aliphatic hydroxyl groups is 5. The molecule has 141 heavy (non-hydrogen) atoms. The lowest BCUT2D eigenvalue weighted by Crippen LogP contribution is -2.67. The Morgan fingerprint density at radius 3 is 1.16 bits per heavy atom. The first-order chi connectivity index (χ1) is 65.1. The number of esters is 9. The van der Waals surface area contributed by atoms with E-state index in [1.54, 1.807) is 41.5 Å². The zero-order valence-corrected chi connectivity index (χ0v) is 90.3. The number of nitrogens with zero attached hydrogens (tertiary/aromatic N) is 1. The average molecular weight is 1980 g/mol. The molecule has 20 unspecified atom stereocenters. The summed E-state index contributed by atoms with van der Waals surface area (Å²) in [5.74, 6) is 3.28. The highest BCUT2D eigenvalue weighted by atomic mass is 16.9. The van der Waals surface area contributed by atoms with Gasteiger partial charge in [0, 0.05) is 73.0 Å². The Morgan fingerprint density at radius 2 is 0.801 bits per heavy atom. The summed E-state index contributed by atoms with van der Waals surface area (Å²) in [6.07, 6.45) is 27.0. The number of nitriles is 1. The second kappa shape index (κ2) is 38.9. The van der Waals surface area contributed by atoms with Crippen LogP contribution in [0.1, 0.15) is 405 Å². The van der Waals surface area contributed by atoms with Crippen molar-refractivity contribution in [2.45, 2.75) is 510 Å². The minimum Gasteiger partial charge on any atom is -0.459 e. The monoisotopic (exact) mass is 1980 g/mol. The van der Waals surface area contributed by atoms with Gasteiger partial charge >= 0.3 is 53.7 Å². The van der Waals surface area contributed by atoms with E-state index in [2.05, 4.69) is 41.5 Å². The summed E-state index contributed by atoms with van der Waals surface area (Å²) in [5.41, 5.74) is -8.87. The zero-order chi connectivity index (χ0) is 104. The van der Waals surface area contributed by atoms with E-state index >= 15 is 0 Å². The molecule has 20 bridgehead atoms. The van der Waals surface area contributed by atoms with Gasteiger partial charge in [-0.1, -0.05) is 55.4 Å². The maximum Gasteiger partial charge on any atom is 0.350 e. The summed E-state index contributed by atoms with van der Waals surface area (Å²) in [7, 11) is 0. The van der Waals surface area contributed by atoms with E-state index in [1.165, 1.54) is 77.0 Å². The van der Waals surface area contributed by atoms with E-state index in [9.17, 15) is 78.7 Å². The first-order valence-electron chi connectivity index (χ1n) is 54.5. The average Bonchev–Trinajstić information content (AvgIpc) is 1.47. The van der Waals surface area contributed by atoms with E-state index in [-0.39, 0.29) is 116 Å². The van der Waals surface area contributed by atoms with Crippen molar-refractivity contribution in [1.82, 2.24) is 0 Å². The van der Waals surface area contributed by atoms with E-state index < -0.39 is 127 Å². The molecule has 0 aromatic carbocycles. The van der Waals surface area contributed by atoms with Gasteiger partial charge in [0.15, 0.2) is 24.3 Å². The Bertz CT molecular complexity index is 4420. The fraction of sp³-hybridized carbons (Fsp3) is 0.903. The van der Waals surface area contributed by atoms with Gasteiger partial charge < -0.3 is 87.2 Å². The van der Waals surface area contributed by atoms with E-state index in [0.29, 0.717) is 82.3 Å². The predicted octanol–water partition coefficient (Wildman–Crippen LogP) is 18.4. The Hall–Kier alpha value is -5.93. The van der Waals surface area contributed by atoms with Gasteiger partial charge in [-0.05, 0) is 358 Å². The first-order valence-corrected chi connectivity index (χ1v) is 54.5. The normalized spacial score (nSPS) is 41.7. The summed E-state index contributed by atoms with van der Waals surface area (Å²) in [6, 6.07) is 2.04. The molecule has 4 aliphatic heterocycles. The fourth-order valence-electron chi connectivity index (χ4n) is 30.2. The van der Waals surface area contributed by atoms with Crippen molar-refractivity contribution in [3.05, 3.63) is 0 Å². The molecule has 20 atom stereocenters. The smallest absolute Gasteiger partial charge is 0.350 e. The highest BCUT2D eigenvalue weighted by Crippen LogP contribution is 2.69. The lowest BCUT2D eigenvalue weighted by molar-refractivity contribution is -0.265. The van der Waals surface area contributed by atoms with Crippen LogP contribution in [0, 0.1) is 143 Å². The number of rotatable bonds is 24. The highest BCUT2D eigenvalue weighted by molar-refractivity contribution is 5.85. The van der Waals surface area contributed by atoms with Gasteiger partial charge in [0.25, 0.3) is 0 Å². The SMILES string of the molecule is CCC(C)(C)C(=O)OC(C)(C)C12CC3CC(CC(C3)C1)C2.CCC(C)(C)C(=O)OC(C)(C)C12CC3CC(CC(C3)C1)C2.CCC(C)(C)C(=O)OC12CC3CC(O)(CC(O)(C3)C1)C2.CCC(C)(C)C(=O)OC12CC3CC(O)(CC(O)(C3)C1)C2.CCC(C)(C)C(=O)OC1C(=O)OC2C3OC(C)(C)OC3OC12.CCC(C)(C)C(=O)OC1C2CC(C1O)C(C#N)(C=O)C2.CCC(C)C(=O)OC1C2CC3C(=O)OC1C3C2. The van der Waals surface area contributed by atoms with Crippen molar-refractivity contribution in [2.75, 3.05) is 0 Å². The summed E-state index contributed by atoms with van der Waals surface area (Å²) in [5, 5.41) is 62.1. The number of aldehydes is 1. The molecule has 20 aliphatic carbocycles. The van der Waals surface area contributed by atoms with Gasteiger partial charge in [0.2, 0.25) is 6.10 Å². The second-order valence-corrected chi connectivity index (χ2v) is 54.5. The molecule has 24 rings (SSSR count). The van der Waals surface area contributed by atoms with Crippen LogP contribution in [0.25, 0.3) is 0 Å². The van der Waals surface area contributed by atoms with Crippen LogP contribution in [-0.2, 0) is 105 Å². The third-order valence-electron chi connectivity index (χ3n) is 39.9. The molecule has 0 spiro atoms. The largest absolute Gasteiger partial charge is 0.459 e. The van der Waals surface area contributed by atoms with Crippen LogP contribution < -0.4 is 0 Å². The van der Waals surface area contributed by atoms with Crippen molar-refractivity contribution in [3.8, 4) is 6.07 Å². The van der Waals surface area contributed by atoms with Gasteiger partial charge in [0.05, 0.1) is 78.9 Å². The molecule has 24 fully saturated rings. The maximum absolute atomic E-state index is 12.6. The molecule has 28 nitrogen and oxygen atoms in total. The van der Waals surface area contributed by atoms with Crippen LogP contribution in [0.2, 0.25) is 0 Å². The maximum atomic E-state index is 12.6. The summed E-state index contributed by atoms with van der Waals surface area (Å²) in [4.78, 5) is 121. The topological polar surface area (TPSA) is 406 Å². The van der Waals surface area contributed by atoms with Crippen molar-refractivity contribution in [3.63, 3.8) is 0 Å². The molecular weight excluding hydrogens is 1800 g/mol.